The lowest BCUT2D eigenvalue weighted by Gasteiger charge is -2.43. The third kappa shape index (κ3) is 11.5. The Bertz CT molecular complexity index is 3070. The highest BCUT2D eigenvalue weighted by Gasteiger charge is 2.41. The second kappa shape index (κ2) is 22.8. The van der Waals surface area contributed by atoms with Crippen molar-refractivity contribution in [1.29, 1.82) is 0 Å². The number of benzene rings is 3. The summed E-state index contributed by atoms with van der Waals surface area (Å²) >= 11 is 0. The van der Waals surface area contributed by atoms with Crippen molar-refractivity contribution in [3.63, 3.8) is 0 Å². The minimum absolute atomic E-state index is 0.0281. The van der Waals surface area contributed by atoms with E-state index < -0.39 is 5.91 Å². The van der Waals surface area contributed by atoms with Gasteiger partial charge in [0.25, 0.3) is 11.8 Å². The Morgan fingerprint density at radius 3 is 2.35 bits per heavy atom. The van der Waals surface area contributed by atoms with Gasteiger partial charge < -0.3 is 59.8 Å². The summed E-state index contributed by atoms with van der Waals surface area (Å²) in [6.07, 6.45) is 11.9. The van der Waals surface area contributed by atoms with Crippen molar-refractivity contribution >= 4 is 74.8 Å². The maximum absolute atomic E-state index is 14.4. The highest BCUT2D eigenvalue weighted by molar-refractivity contribution is 6.06. The Labute approximate surface area is 439 Å². The molecule has 1 saturated heterocycles. The zero-order chi connectivity index (χ0) is 52.9. The van der Waals surface area contributed by atoms with E-state index in [1.807, 2.05) is 64.3 Å². The molecule has 0 unspecified atom stereocenters. The smallest absolute Gasteiger partial charge is 0.254 e. The van der Waals surface area contributed by atoms with Crippen LogP contribution in [0.3, 0.4) is 0 Å². The van der Waals surface area contributed by atoms with E-state index in [0.29, 0.717) is 76.2 Å². The first-order chi connectivity index (χ1) is 36.2. The van der Waals surface area contributed by atoms with E-state index in [1.54, 1.807) is 55.7 Å². The molecule has 19 nitrogen and oxygen atoms in total. The number of anilines is 8. The molecule has 4 N–H and O–H groups in total. The number of fused-ring (bicyclic) bond motifs is 2. The Morgan fingerprint density at radius 1 is 0.853 bits per heavy atom. The van der Waals surface area contributed by atoms with Crippen LogP contribution in [0.2, 0.25) is 0 Å². The topological polar surface area (TPSA) is 190 Å². The average molecular weight is 1020 g/mol. The number of amides is 3. The molecule has 0 spiro atoms. The fraction of sp³-hybridized carbons (Fsp3) is 0.411. The number of nitrogens with one attached hydrogen (secondary N) is 4. The van der Waals surface area contributed by atoms with Gasteiger partial charge in [0.1, 0.15) is 29.8 Å². The van der Waals surface area contributed by atoms with Gasteiger partial charge in [0.05, 0.1) is 41.8 Å². The number of likely N-dealkylation sites (tertiary alicyclic amines) is 1. The van der Waals surface area contributed by atoms with Gasteiger partial charge in [0.15, 0.2) is 5.82 Å². The van der Waals surface area contributed by atoms with Crippen molar-refractivity contribution in [2.45, 2.75) is 70.0 Å². The predicted molar refractivity (Wildman–Crippen MR) is 297 cm³/mol. The number of piperidine rings is 1. The molecule has 1 aliphatic carbocycles. The van der Waals surface area contributed by atoms with Crippen molar-refractivity contribution < 1.29 is 23.9 Å². The van der Waals surface area contributed by atoms with Crippen LogP contribution in [-0.4, -0.2) is 145 Å². The Balaban J connectivity index is 0.984. The zero-order valence-corrected chi connectivity index (χ0v) is 44.4. The van der Waals surface area contributed by atoms with E-state index in [-0.39, 0.29) is 42.1 Å². The number of ether oxygens (including phenoxy) is 2. The van der Waals surface area contributed by atoms with Gasteiger partial charge in [-0.25, -0.2) is 15.0 Å². The molecule has 394 valence electrons. The first-order valence-electron chi connectivity index (χ1n) is 25.9. The molecule has 1 atom stereocenters. The summed E-state index contributed by atoms with van der Waals surface area (Å²) in [5.41, 5.74) is 6.15. The van der Waals surface area contributed by atoms with Crippen LogP contribution in [0.5, 0.6) is 11.5 Å². The summed E-state index contributed by atoms with van der Waals surface area (Å²) < 4.78 is 14.5. The summed E-state index contributed by atoms with van der Waals surface area (Å²) in [7, 11) is 13.4. The van der Waals surface area contributed by atoms with Gasteiger partial charge in [0, 0.05) is 92.4 Å². The largest absolute Gasteiger partial charge is 0.494 e. The Kier molecular flexibility index (Phi) is 15.8. The number of carbonyl (C=O) groups is 3. The zero-order valence-electron chi connectivity index (χ0n) is 44.4. The van der Waals surface area contributed by atoms with Crippen molar-refractivity contribution in [3.8, 4) is 22.8 Å². The lowest BCUT2D eigenvalue weighted by atomic mass is 10.0. The molecule has 2 aliphatic heterocycles. The first-order valence-corrected chi connectivity index (χ1v) is 25.9. The van der Waals surface area contributed by atoms with E-state index in [9.17, 15) is 14.4 Å². The quantitative estimate of drug-likeness (QED) is 0.0574. The number of likely N-dealkylation sites (N-methyl/N-ethyl adjacent to an activating group) is 3. The molecule has 3 aromatic heterocycles. The molecule has 3 aliphatic rings. The van der Waals surface area contributed by atoms with Crippen LogP contribution in [0.25, 0.3) is 22.2 Å². The van der Waals surface area contributed by atoms with E-state index in [1.165, 1.54) is 0 Å². The van der Waals surface area contributed by atoms with Gasteiger partial charge in [-0.15, -0.1) is 0 Å². The van der Waals surface area contributed by atoms with Crippen molar-refractivity contribution in [2.75, 3.05) is 106 Å². The number of aromatic nitrogens is 5. The summed E-state index contributed by atoms with van der Waals surface area (Å²) in [6, 6.07) is 18.8. The molecule has 3 aromatic carbocycles. The SMILES string of the molecule is C=C(COc1cc(C(=O)NC2CCN(C)CC2)ccc1Nc1ncc2c(n1)N(C1CCCC1)[C@H](CC)C(=O)N2C)C(=O)Nc1cc(Nc2nccc(-c3cn(C)c4ccccc34)n2)c(OC)cc1N(C)CCN(C)C. The number of hydrogen-bond donors (Lipinski definition) is 4. The van der Waals surface area contributed by atoms with E-state index in [4.69, 9.17) is 19.4 Å². The number of rotatable bonds is 19. The van der Waals surface area contributed by atoms with Gasteiger partial charge >= 0.3 is 0 Å². The van der Waals surface area contributed by atoms with E-state index in [0.717, 1.165) is 80.3 Å². The molecule has 19 heteroatoms. The third-order valence-electron chi connectivity index (χ3n) is 14.6. The van der Waals surface area contributed by atoms with Crippen LogP contribution >= 0.6 is 0 Å². The molecular weight excluding hydrogens is 949 g/mol. The predicted octanol–water partition coefficient (Wildman–Crippen LogP) is 7.82. The highest BCUT2D eigenvalue weighted by atomic mass is 16.5. The third-order valence-corrected chi connectivity index (χ3v) is 14.6. The van der Waals surface area contributed by atoms with Crippen LogP contribution < -0.4 is 45.4 Å². The molecule has 0 bridgehead atoms. The summed E-state index contributed by atoms with van der Waals surface area (Å²) in [5, 5.41) is 14.1. The van der Waals surface area contributed by atoms with Gasteiger partial charge in [-0.1, -0.05) is 44.5 Å². The average Bonchev–Trinajstić information content (AvgIpc) is 4.08. The van der Waals surface area contributed by atoms with Crippen molar-refractivity contribution in [2.24, 2.45) is 7.05 Å². The molecule has 6 aromatic rings. The van der Waals surface area contributed by atoms with Gasteiger partial charge in [-0.05, 0) is 103 Å². The van der Waals surface area contributed by atoms with Crippen LogP contribution in [-0.2, 0) is 16.6 Å². The molecular formula is C56H70N14O5. The van der Waals surface area contributed by atoms with Crippen LogP contribution in [0.1, 0.15) is 62.2 Å². The van der Waals surface area contributed by atoms with Gasteiger partial charge in [-0.3, -0.25) is 14.4 Å². The maximum atomic E-state index is 14.4. The summed E-state index contributed by atoms with van der Waals surface area (Å²) in [5.74, 6) is 1.45. The molecule has 2 fully saturated rings. The minimum atomic E-state index is -0.484. The maximum Gasteiger partial charge on any atom is 0.254 e. The minimum Gasteiger partial charge on any atom is -0.494 e. The van der Waals surface area contributed by atoms with Gasteiger partial charge in [-0.2, -0.15) is 4.98 Å². The standard InChI is InChI=1S/C56H70N14O5/c1-10-45-54(73)69(8)48-32-58-56(64-51(48)70(45)38-15-11-12-16-38)62-42-20-19-36(53(72)59-37-22-25-66(5)26-23-37)29-50(42)75-34-35(2)52(71)60-43-30-44(49(74-9)31-47(43)67(6)28-27-65(3)4)63-55-57-24-21-41(61-55)40-33-68(7)46-18-14-13-17-39(40)46/h13-14,17-21,24,29-33,37-38,45H,2,10-12,15-16,22-23,25-28,34H2,1,3-9H3,(H,59,72)(H,60,71)(H,57,61,63)(H,58,62,64)/t45-/m1/s1. The monoisotopic (exact) mass is 1020 g/mol. The molecule has 0 radical (unpaired) electrons. The number of methoxy groups -OCH3 is 1. The second-order valence-electron chi connectivity index (χ2n) is 20.2. The number of aryl methyl sites for hydroxylation is 1. The first kappa shape index (κ1) is 52.1. The van der Waals surface area contributed by atoms with Crippen LogP contribution in [0, 0.1) is 0 Å². The van der Waals surface area contributed by atoms with Crippen molar-refractivity contribution in [3.05, 3.63) is 97.0 Å². The normalized spacial score (nSPS) is 16.3. The number of carbonyl (C=O) groups excluding carboxylic acids is 3. The van der Waals surface area contributed by atoms with E-state index >= 15 is 0 Å². The Hall–Kier alpha value is -7.77. The fourth-order valence-electron chi connectivity index (χ4n) is 10.3. The molecule has 3 amide bonds. The number of nitrogens with zero attached hydrogens (tertiary/aromatic N) is 10. The number of hydrogen-bond acceptors (Lipinski definition) is 15. The Morgan fingerprint density at radius 2 is 1.60 bits per heavy atom. The summed E-state index contributed by atoms with van der Waals surface area (Å²) in [4.78, 5) is 71.2. The second-order valence-corrected chi connectivity index (χ2v) is 20.2. The molecule has 75 heavy (non-hydrogen) atoms. The summed E-state index contributed by atoms with van der Waals surface area (Å²) in [6.45, 7) is 9.16. The number of para-hydroxylation sites is 1. The lowest BCUT2D eigenvalue weighted by molar-refractivity contribution is -0.120. The van der Waals surface area contributed by atoms with Crippen LogP contribution in [0.4, 0.5) is 46.2 Å². The van der Waals surface area contributed by atoms with Crippen LogP contribution in [0.15, 0.2) is 91.4 Å². The van der Waals surface area contributed by atoms with E-state index in [2.05, 4.69) is 82.5 Å². The van der Waals surface area contributed by atoms with Gasteiger partial charge in [0.2, 0.25) is 17.8 Å². The highest BCUT2D eigenvalue weighted by Crippen LogP contribution is 2.42. The molecule has 9 rings (SSSR count). The molecule has 5 heterocycles. The fourth-order valence-corrected chi connectivity index (χ4v) is 10.3. The molecule has 1 saturated carbocycles. The lowest BCUT2D eigenvalue weighted by Crippen LogP contribution is -2.55. The van der Waals surface area contributed by atoms with Crippen molar-refractivity contribution in [1.82, 2.24) is 39.6 Å².